The Balaban J connectivity index is 1.75. The maximum atomic E-state index is 12.2. The molecule has 0 bridgehead atoms. The predicted molar refractivity (Wildman–Crippen MR) is 99.2 cm³/mol. The molecule has 0 radical (unpaired) electrons. The number of hydrogen-bond acceptors (Lipinski definition) is 5. The molecule has 0 aliphatic carbocycles. The normalized spacial score (nSPS) is 11.3. The topological polar surface area (TPSA) is 63.7 Å². The molecule has 0 atom stereocenters. The third-order valence-corrected chi connectivity index (χ3v) is 5.61. The molecule has 0 unspecified atom stereocenters. The summed E-state index contributed by atoms with van der Waals surface area (Å²) in [7, 11) is -1.39. The molecule has 134 valence electrons. The van der Waals surface area contributed by atoms with Crippen molar-refractivity contribution in [2.24, 2.45) is 0 Å². The van der Waals surface area contributed by atoms with E-state index in [9.17, 15) is 13.2 Å². The van der Waals surface area contributed by atoms with E-state index in [2.05, 4.69) is 0 Å². The number of sulfone groups is 1. The van der Waals surface area contributed by atoms with Gasteiger partial charge in [0.15, 0.2) is 9.84 Å². The number of anilines is 1. The molecule has 0 aliphatic heterocycles. The second kappa shape index (κ2) is 8.78. The van der Waals surface area contributed by atoms with Crippen LogP contribution in [0.5, 0.6) is 0 Å². The second-order valence-corrected chi connectivity index (χ2v) is 7.98. The molecule has 25 heavy (non-hydrogen) atoms. The third kappa shape index (κ3) is 5.69. The maximum Gasteiger partial charge on any atom is 0.180 e. The molecule has 2 rings (SSSR count). The first-order chi connectivity index (χ1) is 11.9. The van der Waals surface area contributed by atoms with Gasteiger partial charge in [-0.1, -0.05) is 17.7 Å². The van der Waals surface area contributed by atoms with E-state index in [0.29, 0.717) is 23.6 Å². The Kier molecular flexibility index (Phi) is 6.73. The Morgan fingerprint density at radius 1 is 1.00 bits per heavy atom. The summed E-state index contributed by atoms with van der Waals surface area (Å²) >= 11 is 0. The SMILES string of the molecule is Cc1ccc(S(=O)(=O)CCOCCN(C)c2ccc(C=O)cc2)cc1. The number of aryl methyl sites for hydroxylation is 1. The van der Waals surface area contributed by atoms with E-state index in [-0.39, 0.29) is 12.4 Å². The van der Waals surface area contributed by atoms with Gasteiger partial charge in [0.1, 0.15) is 6.29 Å². The largest absolute Gasteiger partial charge is 0.379 e. The molecule has 5 nitrogen and oxygen atoms in total. The van der Waals surface area contributed by atoms with Gasteiger partial charge in [0.05, 0.1) is 23.9 Å². The zero-order valence-electron chi connectivity index (χ0n) is 14.5. The number of carbonyl (C=O) groups is 1. The van der Waals surface area contributed by atoms with Crippen molar-refractivity contribution in [3.8, 4) is 0 Å². The van der Waals surface area contributed by atoms with Crippen LogP contribution in [0.1, 0.15) is 15.9 Å². The lowest BCUT2D eigenvalue weighted by Crippen LogP contribution is -2.23. The van der Waals surface area contributed by atoms with Gasteiger partial charge < -0.3 is 9.64 Å². The number of hydrogen-bond donors (Lipinski definition) is 0. The van der Waals surface area contributed by atoms with Crippen molar-refractivity contribution in [2.45, 2.75) is 11.8 Å². The first kappa shape index (κ1) is 19.1. The molecule has 0 saturated heterocycles. The highest BCUT2D eigenvalue weighted by Gasteiger charge is 2.13. The van der Waals surface area contributed by atoms with Gasteiger partial charge in [-0.15, -0.1) is 0 Å². The number of benzene rings is 2. The van der Waals surface area contributed by atoms with Crippen molar-refractivity contribution < 1.29 is 17.9 Å². The standard InChI is InChI=1S/C19H23NO4S/c1-16-3-9-19(10-4-16)25(22,23)14-13-24-12-11-20(2)18-7-5-17(15-21)6-8-18/h3-10,15H,11-14H2,1-2H3. The average molecular weight is 361 g/mol. The summed E-state index contributed by atoms with van der Waals surface area (Å²) in [6, 6.07) is 14.1. The van der Waals surface area contributed by atoms with Crippen LogP contribution in [0.25, 0.3) is 0 Å². The van der Waals surface area contributed by atoms with Crippen LogP contribution < -0.4 is 4.90 Å². The summed E-state index contributed by atoms with van der Waals surface area (Å²) in [4.78, 5) is 13.0. The molecule has 0 heterocycles. The number of ether oxygens (including phenoxy) is 1. The Labute approximate surface area is 149 Å². The molecule has 2 aromatic rings. The van der Waals surface area contributed by atoms with Crippen molar-refractivity contribution in [3.63, 3.8) is 0 Å². The summed E-state index contributed by atoms with van der Waals surface area (Å²) in [5, 5.41) is 0. The lowest BCUT2D eigenvalue weighted by atomic mass is 10.2. The van der Waals surface area contributed by atoms with Crippen LogP contribution in [-0.2, 0) is 14.6 Å². The van der Waals surface area contributed by atoms with Gasteiger partial charge in [-0.2, -0.15) is 0 Å². The van der Waals surface area contributed by atoms with Crippen molar-refractivity contribution >= 4 is 21.8 Å². The monoisotopic (exact) mass is 361 g/mol. The molecule has 0 spiro atoms. The predicted octanol–water partition coefficient (Wildman–Crippen LogP) is 2.73. The number of aldehydes is 1. The molecule has 0 N–H and O–H groups in total. The van der Waals surface area contributed by atoms with Gasteiger partial charge in [-0.3, -0.25) is 4.79 Å². The summed E-state index contributed by atoms with van der Waals surface area (Å²) in [6.07, 6.45) is 0.807. The quantitative estimate of drug-likeness (QED) is 0.508. The van der Waals surface area contributed by atoms with Crippen molar-refractivity contribution in [1.82, 2.24) is 0 Å². The van der Waals surface area contributed by atoms with Crippen LogP contribution in [0.15, 0.2) is 53.4 Å². The Morgan fingerprint density at radius 2 is 1.64 bits per heavy atom. The Hall–Kier alpha value is -2.18. The molecule has 0 aromatic heterocycles. The van der Waals surface area contributed by atoms with E-state index >= 15 is 0 Å². The van der Waals surface area contributed by atoms with Gasteiger partial charge >= 0.3 is 0 Å². The molecule has 0 aliphatic rings. The van der Waals surface area contributed by atoms with Crippen LogP contribution in [0.2, 0.25) is 0 Å². The van der Waals surface area contributed by atoms with E-state index in [1.165, 1.54) is 0 Å². The second-order valence-electron chi connectivity index (χ2n) is 5.88. The lowest BCUT2D eigenvalue weighted by molar-refractivity contribution is 0.112. The van der Waals surface area contributed by atoms with Gasteiger partial charge in [0.2, 0.25) is 0 Å². The van der Waals surface area contributed by atoms with Gasteiger partial charge in [0, 0.05) is 24.8 Å². The van der Waals surface area contributed by atoms with E-state index in [1.807, 2.05) is 31.0 Å². The number of carbonyl (C=O) groups excluding carboxylic acids is 1. The molecule has 6 heteroatoms. The number of likely N-dealkylation sites (N-methyl/N-ethyl adjacent to an activating group) is 1. The molecule has 0 amide bonds. The minimum atomic E-state index is -3.31. The minimum Gasteiger partial charge on any atom is -0.379 e. The zero-order chi connectivity index (χ0) is 18.3. The van der Waals surface area contributed by atoms with E-state index in [0.717, 1.165) is 17.5 Å². The van der Waals surface area contributed by atoms with E-state index < -0.39 is 9.84 Å². The highest BCUT2D eigenvalue weighted by Crippen LogP contribution is 2.13. The fourth-order valence-electron chi connectivity index (χ4n) is 2.27. The van der Waals surface area contributed by atoms with Crippen LogP contribution in [0.4, 0.5) is 5.69 Å². The lowest BCUT2D eigenvalue weighted by Gasteiger charge is -2.19. The summed E-state index contributed by atoms with van der Waals surface area (Å²) < 4.78 is 29.9. The molecular weight excluding hydrogens is 338 g/mol. The van der Waals surface area contributed by atoms with Crippen LogP contribution >= 0.6 is 0 Å². The van der Waals surface area contributed by atoms with E-state index in [1.54, 1.807) is 36.4 Å². The van der Waals surface area contributed by atoms with Gasteiger partial charge in [0.25, 0.3) is 0 Å². The third-order valence-electron chi connectivity index (χ3n) is 3.92. The highest BCUT2D eigenvalue weighted by molar-refractivity contribution is 7.91. The first-order valence-corrected chi connectivity index (χ1v) is 9.71. The van der Waals surface area contributed by atoms with Crippen LogP contribution in [0, 0.1) is 6.92 Å². The maximum absolute atomic E-state index is 12.2. The molecule has 2 aromatic carbocycles. The molecule has 0 fully saturated rings. The first-order valence-electron chi connectivity index (χ1n) is 8.06. The van der Waals surface area contributed by atoms with Crippen molar-refractivity contribution in [3.05, 3.63) is 59.7 Å². The summed E-state index contributed by atoms with van der Waals surface area (Å²) in [5.74, 6) is -0.0339. The van der Waals surface area contributed by atoms with E-state index in [4.69, 9.17) is 4.74 Å². The summed E-state index contributed by atoms with van der Waals surface area (Å²) in [5.41, 5.74) is 2.63. The number of rotatable bonds is 9. The fraction of sp³-hybridized carbons (Fsp3) is 0.316. The molecular formula is C19H23NO4S. The van der Waals surface area contributed by atoms with Crippen LogP contribution in [-0.4, -0.2) is 47.3 Å². The zero-order valence-corrected chi connectivity index (χ0v) is 15.3. The van der Waals surface area contributed by atoms with Crippen LogP contribution in [0.3, 0.4) is 0 Å². The number of nitrogens with zero attached hydrogens (tertiary/aromatic N) is 1. The van der Waals surface area contributed by atoms with Gasteiger partial charge in [-0.05, 0) is 43.3 Å². The average Bonchev–Trinajstić information content (AvgIpc) is 2.61. The Morgan fingerprint density at radius 3 is 2.24 bits per heavy atom. The Bertz CT molecular complexity index is 783. The smallest absolute Gasteiger partial charge is 0.180 e. The van der Waals surface area contributed by atoms with Crippen molar-refractivity contribution in [1.29, 1.82) is 0 Å². The fourth-order valence-corrected chi connectivity index (χ4v) is 3.40. The van der Waals surface area contributed by atoms with Gasteiger partial charge in [-0.25, -0.2) is 8.42 Å². The minimum absolute atomic E-state index is 0.0339. The highest BCUT2D eigenvalue weighted by atomic mass is 32.2. The van der Waals surface area contributed by atoms with Crippen molar-refractivity contribution in [2.75, 3.05) is 37.5 Å². The molecule has 0 saturated carbocycles. The summed E-state index contributed by atoms with van der Waals surface area (Å²) in [6.45, 7) is 3.14.